The summed E-state index contributed by atoms with van der Waals surface area (Å²) < 4.78 is 22.3. The number of hydrogen-bond acceptors (Lipinski definition) is 4. The van der Waals surface area contributed by atoms with Crippen LogP contribution in [0.4, 0.5) is 0 Å². The molecule has 78 valence electrons. The molecule has 0 spiro atoms. The number of hydrogen-bond donors (Lipinski definition) is 1. The molecule has 0 aromatic carbocycles. The van der Waals surface area contributed by atoms with E-state index in [1.54, 1.807) is 11.8 Å². The van der Waals surface area contributed by atoms with Crippen molar-refractivity contribution in [2.75, 3.05) is 11.5 Å². The van der Waals surface area contributed by atoms with Crippen LogP contribution in [0.3, 0.4) is 0 Å². The number of thioether (sulfide) groups is 1. The Kier molecular flexibility index (Phi) is 3.65. The molecule has 0 amide bonds. The molecule has 5 heteroatoms. The average molecular weight is 224 g/mol. The summed E-state index contributed by atoms with van der Waals surface area (Å²) in [7, 11) is -2.97. The Morgan fingerprint density at radius 1 is 1.54 bits per heavy atom. The molecule has 1 N–H and O–H groups in total. The first-order chi connectivity index (χ1) is 5.94. The van der Waals surface area contributed by atoms with E-state index in [-0.39, 0.29) is 16.8 Å². The molecule has 1 heterocycles. The fraction of sp³-hybridized carbons (Fsp3) is 1.00. The summed E-state index contributed by atoms with van der Waals surface area (Å²) in [6.45, 7) is 4.12. The van der Waals surface area contributed by atoms with E-state index in [9.17, 15) is 13.5 Å². The Labute approximate surface area is 83.8 Å². The maximum absolute atomic E-state index is 11.1. The summed E-state index contributed by atoms with van der Waals surface area (Å²) in [5, 5.41) is 9.78. The van der Waals surface area contributed by atoms with E-state index in [1.807, 2.05) is 0 Å². The standard InChI is InChI=1S/C8H16O3S2/c1-3-6(2)12-8-5-13(10,11)4-7(8)9/h6-9H,3-5H2,1-2H3. The van der Waals surface area contributed by atoms with E-state index < -0.39 is 15.9 Å². The Balaban J connectivity index is 2.53. The van der Waals surface area contributed by atoms with Crippen LogP contribution < -0.4 is 0 Å². The van der Waals surface area contributed by atoms with Crippen molar-refractivity contribution < 1.29 is 13.5 Å². The van der Waals surface area contributed by atoms with E-state index in [2.05, 4.69) is 13.8 Å². The molecular weight excluding hydrogens is 208 g/mol. The Morgan fingerprint density at radius 2 is 2.15 bits per heavy atom. The third-order valence-electron chi connectivity index (χ3n) is 2.25. The number of aliphatic hydroxyl groups is 1. The minimum atomic E-state index is -2.97. The van der Waals surface area contributed by atoms with Crippen molar-refractivity contribution in [3.8, 4) is 0 Å². The monoisotopic (exact) mass is 224 g/mol. The van der Waals surface area contributed by atoms with Crippen LogP contribution in [-0.4, -0.2) is 41.6 Å². The summed E-state index contributed by atoms with van der Waals surface area (Å²) in [6.07, 6.45) is 0.345. The molecule has 3 nitrogen and oxygen atoms in total. The maximum atomic E-state index is 11.1. The largest absolute Gasteiger partial charge is 0.391 e. The minimum absolute atomic E-state index is 0.0545. The molecular formula is C8H16O3S2. The molecule has 3 atom stereocenters. The fourth-order valence-electron chi connectivity index (χ4n) is 1.32. The molecule has 1 fully saturated rings. The number of rotatable bonds is 3. The normalized spacial score (nSPS) is 34.7. The van der Waals surface area contributed by atoms with E-state index in [0.717, 1.165) is 6.42 Å². The van der Waals surface area contributed by atoms with Crippen LogP contribution in [0.5, 0.6) is 0 Å². The zero-order chi connectivity index (χ0) is 10.1. The van der Waals surface area contributed by atoms with Crippen LogP contribution >= 0.6 is 11.8 Å². The van der Waals surface area contributed by atoms with Crippen molar-refractivity contribution in [3.05, 3.63) is 0 Å². The zero-order valence-corrected chi connectivity index (χ0v) is 9.57. The molecule has 13 heavy (non-hydrogen) atoms. The van der Waals surface area contributed by atoms with Gasteiger partial charge >= 0.3 is 0 Å². The van der Waals surface area contributed by atoms with Gasteiger partial charge in [-0.3, -0.25) is 0 Å². The van der Waals surface area contributed by atoms with Gasteiger partial charge in [0.2, 0.25) is 0 Å². The van der Waals surface area contributed by atoms with Gasteiger partial charge in [-0.05, 0) is 6.42 Å². The average Bonchev–Trinajstić information content (AvgIpc) is 2.24. The third kappa shape index (κ3) is 3.14. The molecule has 3 unspecified atom stereocenters. The highest BCUT2D eigenvalue weighted by molar-refractivity contribution is 8.02. The van der Waals surface area contributed by atoms with Crippen LogP contribution in [0.2, 0.25) is 0 Å². The first kappa shape index (κ1) is 11.3. The van der Waals surface area contributed by atoms with Gasteiger partial charge in [-0.1, -0.05) is 13.8 Å². The molecule has 1 rings (SSSR count). The molecule has 0 saturated carbocycles. The van der Waals surface area contributed by atoms with Crippen LogP contribution in [-0.2, 0) is 9.84 Å². The molecule has 0 radical (unpaired) electrons. The Morgan fingerprint density at radius 3 is 2.54 bits per heavy atom. The lowest BCUT2D eigenvalue weighted by Crippen LogP contribution is -2.22. The van der Waals surface area contributed by atoms with Crippen molar-refractivity contribution in [2.24, 2.45) is 0 Å². The predicted molar refractivity (Wildman–Crippen MR) is 55.8 cm³/mol. The summed E-state index contributed by atoms with van der Waals surface area (Å²) in [5.74, 6) is 0.0876. The van der Waals surface area contributed by atoms with Gasteiger partial charge in [0.15, 0.2) is 9.84 Å². The second-order valence-corrected chi connectivity index (χ2v) is 7.37. The molecule has 1 aliphatic rings. The van der Waals surface area contributed by atoms with Crippen molar-refractivity contribution in [3.63, 3.8) is 0 Å². The molecule has 0 aromatic rings. The van der Waals surface area contributed by atoms with Gasteiger partial charge < -0.3 is 5.11 Å². The minimum Gasteiger partial charge on any atom is -0.391 e. The predicted octanol–water partition coefficient (Wildman–Crippen LogP) is 0.676. The highest BCUT2D eigenvalue weighted by Crippen LogP contribution is 2.29. The highest BCUT2D eigenvalue weighted by atomic mass is 32.2. The maximum Gasteiger partial charge on any atom is 0.154 e. The Hall–Kier alpha value is 0.260. The zero-order valence-electron chi connectivity index (χ0n) is 7.93. The van der Waals surface area contributed by atoms with Gasteiger partial charge in [0, 0.05) is 10.5 Å². The van der Waals surface area contributed by atoms with Crippen LogP contribution in [0, 0.1) is 0 Å². The van der Waals surface area contributed by atoms with E-state index in [1.165, 1.54) is 0 Å². The van der Waals surface area contributed by atoms with Gasteiger partial charge in [0.1, 0.15) is 0 Å². The quantitative estimate of drug-likeness (QED) is 0.766. The van der Waals surface area contributed by atoms with Crippen LogP contribution in [0.15, 0.2) is 0 Å². The lowest BCUT2D eigenvalue weighted by Gasteiger charge is -2.16. The molecule has 1 aliphatic heterocycles. The second kappa shape index (κ2) is 4.19. The molecule has 1 saturated heterocycles. The van der Waals surface area contributed by atoms with Crippen molar-refractivity contribution in [1.29, 1.82) is 0 Å². The first-order valence-electron chi connectivity index (χ1n) is 4.48. The summed E-state index contributed by atoms with van der Waals surface area (Å²) in [6, 6.07) is 0. The molecule has 0 bridgehead atoms. The third-order valence-corrected chi connectivity index (χ3v) is 5.81. The topological polar surface area (TPSA) is 54.4 Å². The van der Waals surface area contributed by atoms with Gasteiger partial charge in [-0.2, -0.15) is 11.8 Å². The van der Waals surface area contributed by atoms with Gasteiger partial charge in [0.05, 0.1) is 17.6 Å². The van der Waals surface area contributed by atoms with E-state index in [0.29, 0.717) is 5.25 Å². The van der Waals surface area contributed by atoms with Crippen molar-refractivity contribution >= 4 is 21.6 Å². The number of aliphatic hydroxyl groups excluding tert-OH is 1. The van der Waals surface area contributed by atoms with Crippen LogP contribution in [0.25, 0.3) is 0 Å². The smallest absolute Gasteiger partial charge is 0.154 e. The van der Waals surface area contributed by atoms with E-state index >= 15 is 0 Å². The summed E-state index contributed by atoms with van der Waals surface area (Å²) in [4.78, 5) is 0. The van der Waals surface area contributed by atoms with Gasteiger partial charge in [-0.15, -0.1) is 0 Å². The second-order valence-electron chi connectivity index (χ2n) is 3.54. The lowest BCUT2D eigenvalue weighted by molar-refractivity contribution is 0.207. The van der Waals surface area contributed by atoms with Crippen molar-refractivity contribution in [2.45, 2.75) is 36.9 Å². The van der Waals surface area contributed by atoms with Gasteiger partial charge in [0.25, 0.3) is 0 Å². The highest BCUT2D eigenvalue weighted by Gasteiger charge is 2.37. The Bertz CT molecular complexity index is 261. The van der Waals surface area contributed by atoms with E-state index in [4.69, 9.17) is 0 Å². The summed E-state index contributed by atoms with van der Waals surface area (Å²) in [5.41, 5.74) is 0. The summed E-state index contributed by atoms with van der Waals surface area (Å²) >= 11 is 1.59. The van der Waals surface area contributed by atoms with Crippen LogP contribution in [0.1, 0.15) is 20.3 Å². The van der Waals surface area contributed by atoms with Gasteiger partial charge in [-0.25, -0.2) is 8.42 Å². The fourth-order valence-corrected chi connectivity index (χ4v) is 5.06. The first-order valence-corrected chi connectivity index (χ1v) is 7.25. The van der Waals surface area contributed by atoms with Crippen molar-refractivity contribution in [1.82, 2.24) is 0 Å². The SMILES string of the molecule is CCC(C)SC1CS(=O)(=O)CC1O. The molecule has 0 aliphatic carbocycles. The lowest BCUT2D eigenvalue weighted by atomic mass is 10.3. The number of sulfone groups is 1. The molecule has 0 aromatic heterocycles.